The molecule has 0 aliphatic heterocycles. The standard InChI is InChI=1S/C11H22N2O2/c1-5-6-7-13(10(4)14)8-11(15)12-9(2)3/h9H,5-8H2,1-4H3,(H,12,15). The van der Waals surface area contributed by atoms with E-state index in [1.54, 1.807) is 4.90 Å². The summed E-state index contributed by atoms with van der Waals surface area (Å²) in [5.74, 6) is -0.126. The normalized spacial score (nSPS) is 10.2. The summed E-state index contributed by atoms with van der Waals surface area (Å²) in [6, 6.07) is 0.123. The monoisotopic (exact) mass is 214 g/mol. The van der Waals surface area contributed by atoms with Crippen LogP contribution in [0.5, 0.6) is 0 Å². The fraction of sp³-hybridized carbons (Fsp3) is 0.818. The second-order valence-electron chi connectivity index (χ2n) is 4.02. The molecule has 15 heavy (non-hydrogen) atoms. The summed E-state index contributed by atoms with van der Waals surface area (Å²) in [5, 5.41) is 2.77. The van der Waals surface area contributed by atoms with Gasteiger partial charge in [0, 0.05) is 19.5 Å². The molecule has 0 bridgehead atoms. The van der Waals surface area contributed by atoms with Gasteiger partial charge in [0.05, 0.1) is 6.54 Å². The van der Waals surface area contributed by atoms with E-state index >= 15 is 0 Å². The molecule has 88 valence electrons. The van der Waals surface area contributed by atoms with Gasteiger partial charge in [-0.3, -0.25) is 9.59 Å². The summed E-state index contributed by atoms with van der Waals surface area (Å²) < 4.78 is 0. The zero-order valence-corrected chi connectivity index (χ0v) is 10.2. The van der Waals surface area contributed by atoms with Crippen molar-refractivity contribution in [2.45, 2.75) is 46.6 Å². The number of nitrogens with one attached hydrogen (secondary N) is 1. The molecule has 0 aliphatic rings. The first-order chi connectivity index (χ1) is 6.97. The minimum Gasteiger partial charge on any atom is -0.352 e. The molecule has 0 radical (unpaired) electrons. The van der Waals surface area contributed by atoms with E-state index in [0.29, 0.717) is 6.54 Å². The van der Waals surface area contributed by atoms with Crippen molar-refractivity contribution in [1.29, 1.82) is 0 Å². The van der Waals surface area contributed by atoms with Crippen LogP contribution in [-0.2, 0) is 9.59 Å². The average molecular weight is 214 g/mol. The molecular formula is C11H22N2O2. The lowest BCUT2D eigenvalue weighted by molar-refractivity contribution is -0.134. The van der Waals surface area contributed by atoms with Crippen molar-refractivity contribution < 1.29 is 9.59 Å². The van der Waals surface area contributed by atoms with Gasteiger partial charge in [0.25, 0.3) is 0 Å². The Balaban J connectivity index is 4.04. The van der Waals surface area contributed by atoms with Crippen LogP contribution < -0.4 is 5.32 Å². The van der Waals surface area contributed by atoms with E-state index in [-0.39, 0.29) is 24.4 Å². The first kappa shape index (κ1) is 13.9. The van der Waals surface area contributed by atoms with Crippen LogP contribution in [0.4, 0.5) is 0 Å². The van der Waals surface area contributed by atoms with Crippen LogP contribution in [0.15, 0.2) is 0 Å². The molecule has 0 aromatic rings. The fourth-order valence-corrected chi connectivity index (χ4v) is 1.24. The average Bonchev–Trinajstić information content (AvgIpc) is 2.10. The van der Waals surface area contributed by atoms with Gasteiger partial charge in [-0.1, -0.05) is 13.3 Å². The lowest BCUT2D eigenvalue weighted by Gasteiger charge is -2.20. The van der Waals surface area contributed by atoms with E-state index in [1.165, 1.54) is 6.92 Å². The summed E-state index contributed by atoms with van der Waals surface area (Å²) in [7, 11) is 0. The Morgan fingerprint density at radius 1 is 1.33 bits per heavy atom. The number of amides is 2. The molecular weight excluding hydrogens is 192 g/mol. The number of hydrogen-bond donors (Lipinski definition) is 1. The number of rotatable bonds is 6. The third-order valence-electron chi connectivity index (χ3n) is 2.01. The van der Waals surface area contributed by atoms with E-state index in [2.05, 4.69) is 12.2 Å². The van der Waals surface area contributed by atoms with Crippen LogP contribution in [0.2, 0.25) is 0 Å². The largest absolute Gasteiger partial charge is 0.352 e. The zero-order chi connectivity index (χ0) is 11.8. The SMILES string of the molecule is CCCCN(CC(=O)NC(C)C)C(C)=O. The molecule has 1 N–H and O–H groups in total. The molecule has 0 saturated carbocycles. The quantitative estimate of drug-likeness (QED) is 0.721. The van der Waals surface area contributed by atoms with Gasteiger partial charge >= 0.3 is 0 Å². The number of carbonyl (C=O) groups excluding carboxylic acids is 2. The van der Waals surface area contributed by atoms with Gasteiger partial charge in [-0.2, -0.15) is 0 Å². The number of hydrogen-bond acceptors (Lipinski definition) is 2. The highest BCUT2D eigenvalue weighted by molar-refractivity contribution is 5.83. The van der Waals surface area contributed by atoms with Crippen LogP contribution in [-0.4, -0.2) is 35.8 Å². The van der Waals surface area contributed by atoms with Gasteiger partial charge in [0.15, 0.2) is 0 Å². The van der Waals surface area contributed by atoms with Crippen molar-refractivity contribution >= 4 is 11.8 Å². The molecule has 0 saturated heterocycles. The Morgan fingerprint density at radius 2 is 1.93 bits per heavy atom. The highest BCUT2D eigenvalue weighted by Gasteiger charge is 2.12. The predicted octanol–water partition coefficient (Wildman–Crippen LogP) is 1.16. The highest BCUT2D eigenvalue weighted by atomic mass is 16.2. The van der Waals surface area contributed by atoms with Crippen molar-refractivity contribution in [3.63, 3.8) is 0 Å². The molecule has 0 fully saturated rings. The van der Waals surface area contributed by atoms with Crippen molar-refractivity contribution in [1.82, 2.24) is 10.2 Å². The van der Waals surface area contributed by atoms with Gasteiger partial charge in [-0.15, -0.1) is 0 Å². The van der Waals surface area contributed by atoms with Crippen LogP contribution in [0.3, 0.4) is 0 Å². The Morgan fingerprint density at radius 3 is 2.33 bits per heavy atom. The molecule has 0 aromatic carbocycles. The number of nitrogens with zero attached hydrogens (tertiary/aromatic N) is 1. The van der Waals surface area contributed by atoms with Gasteiger partial charge in [-0.25, -0.2) is 0 Å². The number of carbonyl (C=O) groups is 2. The molecule has 4 heteroatoms. The minimum absolute atomic E-state index is 0.0395. The first-order valence-corrected chi connectivity index (χ1v) is 5.52. The van der Waals surface area contributed by atoms with Crippen molar-refractivity contribution in [2.75, 3.05) is 13.1 Å². The molecule has 0 atom stereocenters. The minimum atomic E-state index is -0.0868. The fourth-order valence-electron chi connectivity index (χ4n) is 1.24. The van der Waals surface area contributed by atoms with Crippen LogP contribution in [0.25, 0.3) is 0 Å². The Bertz CT molecular complexity index is 215. The predicted molar refractivity (Wildman–Crippen MR) is 60.4 cm³/mol. The summed E-state index contributed by atoms with van der Waals surface area (Å²) in [6.45, 7) is 8.21. The highest BCUT2D eigenvalue weighted by Crippen LogP contribution is 1.95. The topological polar surface area (TPSA) is 49.4 Å². The van der Waals surface area contributed by atoms with E-state index in [1.807, 2.05) is 13.8 Å². The molecule has 0 aromatic heterocycles. The second kappa shape index (κ2) is 7.26. The lowest BCUT2D eigenvalue weighted by Crippen LogP contribution is -2.42. The van der Waals surface area contributed by atoms with E-state index in [4.69, 9.17) is 0 Å². The maximum absolute atomic E-state index is 11.4. The molecule has 0 spiro atoms. The van der Waals surface area contributed by atoms with Crippen molar-refractivity contribution in [2.24, 2.45) is 0 Å². The third kappa shape index (κ3) is 6.94. The zero-order valence-electron chi connectivity index (χ0n) is 10.2. The van der Waals surface area contributed by atoms with E-state index in [9.17, 15) is 9.59 Å². The maximum atomic E-state index is 11.4. The molecule has 0 rings (SSSR count). The second-order valence-corrected chi connectivity index (χ2v) is 4.02. The first-order valence-electron chi connectivity index (χ1n) is 5.52. The van der Waals surface area contributed by atoms with Gasteiger partial charge in [0.2, 0.25) is 11.8 Å². The summed E-state index contributed by atoms with van der Waals surface area (Å²) in [6.07, 6.45) is 1.96. The van der Waals surface area contributed by atoms with Crippen LogP contribution >= 0.6 is 0 Å². The Labute approximate surface area is 92.0 Å². The Hall–Kier alpha value is -1.06. The maximum Gasteiger partial charge on any atom is 0.239 e. The van der Waals surface area contributed by atoms with E-state index < -0.39 is 0 Å². The van der Waals surface area contributed by atoms with Crippen LogP contribution in [0, 0.1) is 0 Å². The summed E-state index contributed by atoms with van der Waals surface area (Å²) >= 11 is 0. The van der Waals surface area contributed by atoms with Crippen LogP contribution in [0.1, 0.15) is 40.5 Å². The molecule has 4 nitrogen and oxygen atoms in total. The van der Waals surface area contributed by atoms with Crippen molar-refractivity contribution in [3.8, 4) is 0 Å². The van der Waals surface area contributed by atoms with Gasteiger partial charge < -0.3 is 10.2 Å². The molecule has 0 aliphatic carbocycles. The third-order valence-corrected chi connectivity index (χ3v) is 2.01. The van der Waals surface area contributed by atoms with Gasteiger partial charge in [-0.05, 0) is 20.3 Å². The summed E-state index contributed by atoms with van der Waals surface area (Å²) in [4.78, 5) is 24.2. The molecule has 0 unspecified atom stereocenters. The molecule has 0 heterocycles. The number of unbranched alkanes of at least 4 members (excludes halogenated alkanes) is 1. The summed E-state index contributed by atoms with van der Waals surface area (Å²) in [5.41, 5.74) is 0. The van der Waals surface area contributed by atoms with Crippen molar-refractivity contribution in [3.05, 3.63) is 0 Å². The lowest BCUT2D eigenvalue weighted by atomic mass is 10.3. The van der Waals surface area contributed by atoms with E-state index in [0.717, 1.165) is 12.8 Å². The Kier molecular flexibility index (Phi) is 6.75. The molecule has 2 amide bonds. The van der Waals surface area contributed by atoms with Gasteiger partial charge in [0.1, 0.15) is 0 Å². The smallest absolute Gasteiger partial charge is 0.239 e.